The highest BCUT2D eigenvalue weighted by molar-refractivity contribution is 7.91. The summed E-state index contributed by atoms with van der Waals surface area (Å²) in [5.74, 6) is -0.285. The molecule has 1 rings (SSSR count). The van der Waals surface area contributed by atoms with Gasteiger partial charge < -0.3 is 4.74 Å². The minimum atomic E-state index is -4.10. The number of rotatable bonds is 4. The fourth-order valence-corrected chi connectivity index (χ4v) is 2.52. The lowest BCUT2D eigenvalue weighted by Gasteiger charge is -2.04. The summed E-state index contributed by atoms with van der Waals surface area (Å²) >= 11 is 0.925. The molecule has 17 heavy (non-hydrogen) atoms. The van der Waals surface area contributed by atoms with Crippen LogP contribution in [0.5, 0.6) is 0 Å². The first-order chi connectivity index (χ1) is 7.84. The topological polar surface area (TPSA) is 114 Å². The highest BCUT2D eigenvalue weighted by Crippen LogP contribution is 2.16. The Balaban J connectivity index is 2.76. The van der Waals surface area contributed by atoms with Gasteiger partial charge in [0.15, 0.2) is 10.9 Å². The molecule has 0 unspecified atom stereocenters. The maximum atomic E-state index is 11.3. The molecule has 0 aliphatic rings. The summed E-state index contributed by atoms with van der Waals surface area (Å²) < 4.78 is 30.3. The van der Waals surface area contributed by atoms with Crippen molar-refractivity contribution in [3.05, 3.63) is 11.1 Å². The van der Waals surface area contributed by atoms with E-state index in [0.717, 1.165) is 18.4 Å². The maximum absolute atomic E-state index is 11.3. The van der Waals surface area contributed by atoms with Crippen molar-refractivity contribution >= 4 is 38.6 Å². The SMILES string of the molecule is COC(=O)NS(=O)(=O)Nc1nc(C(C)=O)cs1. The Kier molecular flexibility index (Phi) is 4.02. The van der Waals surface area contributed by atoms with Crippen LogP contribution in [0.25, 0.3) is 0 Å². The van der Waals surface area contributed by atoms with Crippen LogP contribution >= 0.6 is 11.3 Å². The molecular formula is C7H9N3O5S2. The van der Waals surface area contributed by atoms with Crippen LogP contribution in [0.2, 0.25) is 0 Å². The number of thiazole rings is 1. The lowest BCUT2D eigenvalue weighted by Crippen LogP contribution is -2.35. The van der Waals surface area contributed by atoms with Gasteiger partial charge >= 0.3 is 16.3 Å². The van der Waals surface area contributed by atoms with Crippen molar-refractivity contribution in [2.75, 3.05) is 11.8 Å². The van der Waals surface area contributed by atoms with Crippen LogP contribution in [-0.4, -0.2) is 32.4 Å². The van der Waals surface area contributed by atoms with Gasteiger partial charge in [-0.2, -0.15) is 8.42 Å². The first-order valence-corrected chi connectivity index (χ1v) is 6.55. The summed E-state index contributed by atoms with van der Waals surface area (Å²) in [6.07, 6.45) is -1.12. The van der Waals surface area contributed by atoms with E-state index in [0.29, 0.717) is 0 Å². The van der Waals surface area contributed by atoms with Crippen LogP contribution in [-0.2, 0) is 14.9 Å². The number of nitrogens with zero attached hydrogens (tertiary/aromatic N) is 1. The number of hydrogen-bond acceptors (Lipinski definition) is 7. The lowest BCUT2D eigenvalue weighted by atomic mass is 10.4. The van der Waals surface area contributed by atoms with Crippen molar-refractivity contribution < 1.29 is 22.7 Å². The van der Waals surface area contributed by atoms with Gasteiger partial charge in [0, 0.05) is 12.3 Å². The molecule has 0 spiro atoms. The average Bonchev–Trinajstić information content (AvgIpc) is 2.64. The van der Waals surface area contributed by atoms with E-state index in [1.807, 2.05) is 4.72 Å². The summed E-state index contributed by atoms with van der Waals surface area (Å²) in [6.45, 7) is 1.31. The zero-order chi connectivity index (χ0) is 13.1. The smallest absolute Gasteiger partial charge is 0.422 e. The third kappa shape index (κ3) is 4.00. The highest BCUT2D eigenvalue weighted by Gasteiger charge is 2.16. The molecule has 0 saturated carbocycles. The molecule has 1 aromatic heterocycles. The zero-order valence-corrected chi connectivity index (χ0v) is 10.5. The monoisotopic (exact) mass is 279 g/mol. The molecule has 1 heterocycles. The van der Waals surface area contributed by atoms with Gasteiger partial charge in [0.05, 0.1) is 7.11 Å². The molecular weight excluding hydrogens is 270 g/mol. The van der Waals surface area contributed by atoms with E-state index in [1.54, 1.807) is 4.72 Å². The number of Topliss-reactive ketones (excluding diaryl/α,β-unsaturated/α-hetero) is 1. The molecule has 0 radical (unpaired) electrons. The number of methoxy groups -OCH3 is 1. The first kappa shape index (κ1) is 13.4. The van der Waals surface area contributed by atoms with Gasteiger partial charge in [-0.3, -0.25) is 4.79 Å². The molecule has 8 nitrogen and oxygen atoms in total. The molecule has 0 aromatic carbocycles. The Morgan fingerprint density at radius 3 is 2.59 bits per heavy atom. The van der Waals surface area contributed by atoms with E-state index in [4.69, 9.17) is 0 Å². The van der Waals surface area contributed by atoms with Crippen LogP contribution in [0, 0.1) is 0 Å². The van der Waals surface area contributed by atoms with E-state index >= 15 is 0 Å². The molecule has 2 N–H and O–H groups in total. The number of ketones is 1. The van der Waals surface area contributed by atoms with E-state index < -0.39 is 16.3 Å². The fraction of sp³-hybridized carbons (Fsp3) is 0.286. The van der Waals surface area contributed by atoms with Crippen molar-refractivity contribution in [2.24, 2.45) is 0 Å². The molecule has 0 bridgehead atoms. The number of nitrogens with one attached hydrogen (secondary N) is 2. The van der Waals surface area contributed by atoms with Gasteiger partial charge in [-0.1, -0.05) is 0 Å². The third-order valence-electron chi connectivity index (χ3n) is 1.49. The van der Waals surface area contributed by atoms with Gasteiger partial charge in [-0.15, -0.1) is 11.3 Å². The average molecular weight is 279 g/mol. The predicted molar refractivity (Wildman–Crippen MR) is 60.2 cm³/mol. The molecule has 0 aliphatic heterocycles. The van der Waals surface area contributed by atoms with Gasteiger partial charge in [0.2, 0.25) is 0 Å². The number of carbonyl (C=O) groups excluding carboxylic acids is 2. The normalized spacial score (nSPS) is 10.7. The van der Waals surface area contributed by atoms with E-state index in [2.05, 4.69) is 9.72 Å². The number of carbonyl (C=O) groups is 2. The summed E-state index contributed by atoms with van der Waals surface area (Å²) in [4.78, 5) is 25.3. The zero-order valence-electron chi connectivity index (χ0n) is 8.88. The van der Waals surface area contributed by atoms with Crippen LogP contribution in [0.1, 0.15) is 17.4 Å². The molecule has 94 valence electrons. The summed E-state index contributed by atoms with van der Waals surface area (Å²) in [7, 11) is -3.07. The third-order valence-corrected chi connectivity index (χ3v) is 3.27. The predicted octanol–water partition coefficient (Wildman–Crippen LogP) is 0.358. The second kappa shape index (κ2) is 5.10. The van der Waals surface area contributed by atoms with Crippen molar-refractivity contribution in [3.8, 4) is 0 Å². The Morgan fingerprint density at radius 2 is 2.12 bits per heavy atom. The van der Waals surface area contributed by atoms with Gasteiger partial charge in [-0.25, -0.2) is 19.2 Å². The van der Waals surface area contributed by atoms with E-state index in [9.17, 15) is 18.0 Å². The Bertz CT molecular complexity index is 535. The van der Waals surface area contributed by atoms with E-state index in [1.165, 1.54) is 12.3 Å². The second-order valence-electron chi connectivity index (χ2n) is 2.79. The van der Waals surface area contributed by atoms with Gasteiger partial charge in [0.1, 0.15) is 5.69 Å². The minimum absolute atomic E-state index is 0.0217. The molecule has 0 atom stereocenters. The summed E-state index contributed by atoms with van der Waals surface area (Å²) in [5, 5.41) is 1.38. The molecule has 0 aliphatic carbocycles. The molecule has 0 fully saturated rings. The number of hydrogen-bond donors (Lipinski definition) is 2. The molecule has 0 saturated heterocycles. The molecule has 10 heteroatoms. The lowest BCUT2D eigenvalue weighted by molar-refractivity contribution is 0.101. The number of ether oxygens (including phenoxy) is 1. The van der Waals surface area contributed by atoms with Crippen LogP contribution in [0.4, 0.5) is 9.93 Å². The minimum Gasteiger partial charge on any atom is -0.452 e. The van der Waals surface area contributed by atoms with E-state index in [-0.39, 0.29) is 16.6 Å². The first-order valence-electron chi connectivity index (χ1n) is 4.19. The van der Waals surface area contributed by atoms with Crippen molar-refractivity contribution in [1.82, 2.24) is 9.71 Å². The highest BCUT2D eigenvalue weighted by atomic mass is 32.2. The summed E-state index contributed by atoms with van der Waals surface area (Å²) in [6, 6.07) is 0. The number of anilines is 1. The fourth-order valence-electron chi connectivity index (χ4n) is 0.774. The second-order valence-corrected chi connectivity index (χ2v) is 5.07. The molecule has 1 aromatic rings. The van der Waals surface area contributed by atoms with Crippen molar-refractivity contribution in [2.45, 2.75) is 6.92 Å². The Hall–Kier alpha value is -1.68. The van der Waals surface area contributed by atoms with Crippen LogP contribution in [0.3, 0.4) is 0 Å². The maximum Gasteiger partial charge on any atom is 0.422 e. The van der Waals surface area contributed by atoms with Gasteiger partial charge in [-0.05, 0) is 0 Å². The quantitative estimate of drug-likeness (QED) is 0.769. The standard InChI is InChI=1S/C7H9N3O5S2/c1-4(11)5-3-16-6(8-5)9-17(13,14)10-7(12)15-2/h3H,1-2H3,(H,8,9)(H,10,12). The number of aromatic nitrogens is 1. The van der Waals surface area contributed by atoms with Gasteiger partial charge in [0.25, 0.3) is 0 Å². The largest absolute Gasteiger partial charge is 0.452 e. The Labute approximate surface area is 101 Å². The Morgan fingerprint density at radius 1 is 1.47 bits per heavy atom. The number of amides is 1. The molecule has 1 amide bonds. The van der Waals surface area contributed by atoms with Crippen LogP contribution < -0.4 is 9.44 Å². The van der Waals surface area contributed by atoms with Crippen molar-refractivity contribution in [3.63, 3.8) is 0 Å². The summed E-state index contributed by atoms with van der Waals surface area (Å²) in [5.41, 5.74) is 0.144. The van der Waals surface area contributed by atoms with Crippen molar-refractivity contribution in [1.29, 1.82) is 0 Å². The van der Waals surface area contributed by atoms with Crippen LogP contribution in [0.15, 0.2) is 5.38 Å².